The second-order valence-electron chi connectivity index (χ2n) is 4.13. The number of nitrogens with two attached hydrogens (primary N) is 2. The molecule has 0 aromatic heterocycles. The van der Waals surface area contributed by atoms with E-state index in [0.717, 1.165) is 24.0 Å². The molecule has 1 atom stereocenters. The van der Waals surface area contributed by atoms with Gasteiger partial charge in [0.05, 0.1) is 12.2 Å². The van der Waals surface area contributed by atoms with Crippen LogP contribution in [-0.4, -0.2) is 25.6 Å². The van der Waals surface area contributed by atoms with Crippen molar-refractivity contribution in [1.29, 1.82) is 0 Å². The van der Waals surface area contributed by atoms with Gasteiger partial charge >= 0.3 is 6.18 Å². The fourth-order valence-corrected chi connectivity index (χ4v) is 1.60. The molecular weight excluding hydrogens is 289 g/mol. The maximum absolute atomic E-state index is 13.1. The summed E-state index contributed by atoms with van der Waals surface area (Å²) in [5.41, 5.74) is 9.86. The molecule has 0 saturated carbocycles. The maximum atomic E-state index is 13.1. The Bertz CT molecular complexity index is 390. The van der Waals surface area contributed by atoms with Crippen LogP contribution in [0.3, 0.4) is 0 Å². The first kappa shape index (κ1) is 18.9. The van der Waals surface area contributed by atoms with E-state index in [1.54, 1.807) is 13.2 Å². The van der Waals surface area contributed by atoms with E-state index in [1.165, 1.54) is 13.0 Å². The van der Waals surface area contributed by atoms with Gasteiger partial charge in [-0.1, -0.05) is 6.92 Å². The third-order valence-corrected chi connectivity index (χ3v) is 3.17. The molecule has 0 fully saturated rings. The largest absolute Gasteiger partial charge is 0.493 e. The second kappa shape index (κ2) is 8.97. The number of rotatable bonds is 7. The topological polar surface area (TPSA) is 61.3 Å². The van der Waals surface area contributed by atoms with E-state index in [9.17, 15) is 13.2 Å². The van der Waals surface area contributed by atoms with Gasteiger partial charge in [-0.2, -0.15) is 13.2 Å². The molecule has 0 saturated heterocycles. The van der Waals surface area contributed by atoms with Crippen LogP contribution in [0.25, 0.3) is 0 Å². The third kappa shape index (κ3) is 6.38. The number of hydrogen-bond acceptors (Lipinski definition) is 4. The van der Waals surface area contributed by atoms with Crippen LogP contribution in [0.2, 0.25) is 0 Å². The number of halogens is 3. The number of hydrogen-bond donors (Lipinski definition) is 2. The van der Waals surface area contributed by atoms with Gasteiger partial charge in [0, 0.05) is 17.0 Å². The van der Waals surface area contributed by atoms with Crippen LogP contribution in [-0.2, 0) is 4.74 Å². The molecule has 0 aliphatic heterocycles. The molecule has 0 radical (unpaired) electrons. The van der Waals surface area contributed by atoms with Crippen molar-refractivity contribution in [2.24, 2.45) is 17.4 Å². The highest BCUT2D eigenvalue weighted by Gasteiger charge is 2.37. The fourth-order valence-electron chi connectivity index (χ4n) is 1.23. The molecule has 7 heteroatoms. The number of alkyl halides is 3. The lowest BCUT2D eigenvalue weighted by molar-refractivity contribution is -0.0942. The van der Waals surface area contributed by atoms with Crippen LogP contribution in [0.5, 0.6) is 0 Å². The van der Waals surface area contributed by atoms with E-state index in [-0.39, 0.29) is 18.3 Å². The van der Waals surface area contributed by atoms with Gasteiger partial charge in [0.1, 0.15) is 5.76 Å². The summed E-state index contributed by atoms with van der Waals surface area (Å²) >= 11 is 1.13. The summed E-state index contributed by atoms with van der Waals surface area (Å²) in [6.07, 6.45) is 0.532. The molecule has 0 heterocycles. The van der Waals surface area contributed by atoms with Crippen molar-refractivity contribution in [3.8, 4) is 0 Å². The first-order chi connectivity index (χ1) is 9.29. The molecule has 116 valence electrons. The number of allylic oxidation sites excluding steroid dienone is 3. The lowest BCUT2D eigenvalue weighted by Crippen LogP contribution is -2.20. The van der Waals surface area contributed by atoms with E-state index in [2.05, 4.69) is 0 Å². The van der Waals surface area contributed by atoms with E-state index in [0.29, 0.717) is 11.4 Å². The Balaban J connectivity index is 5.31. The van der Waals surface area contributed by atoms with Gasteiger partial charge in [-0.15, -0.1) is 11.8 Å². The summed E-state index contributed by atoms with van der Waals surface area (Å²) in [5.74, 6) is -0.240. The molecule has 4 N–H and O–H groups in total. The minimum Gasteiger partial charge on any atom is -0.493 e. The van der Waals surface area contributed by atoms with Crippen molar-refractivity contribution < 1.29 is 17.9 Å². The second-order valence-corrected chi connectivity index (χ2v) is 5.01. The summed E-state index contributed by atoms with van der Waals surface area (Å²) in [6, 6.07) is 0. The minimum absolute atomic E-state index is 0.0236. The smallest absolute Gasteiger partial charge is 0.419 e. The Hall–Kier alpha value is -1.08. The van der Waals surface area contributed by atoms with Crippen LogP contribution in [0.1, 0.15) is 13.8 Å². The summed E-state index contributed by atoms with van der Waals surface area (Å²) in [7, 11) is 0. The standard InChI is InChI=1S/C13H21F3N2OS/c1-4-12(19-8-9(2)6-17)11(13(14,15)16)5-10(7-18)20-3/h4-5,7,9H,6,8,17-18H2,1-3H3/b10-7+,11-5+,12-4+. The zero-order valence-corrected chi connectivity index (χ0v) is 12.6. The van der Waals surface area contributed by atoms with Crippen molar-refractivity contribution in [2.75, 3.05) is 19.4 Å². The minimum atomic E-state index is -4.52. The predicted octanol–water partition coefficient (Wildman–Crippen LogP) is 3.15. The van der Waals surface area contributed by atoms with Crippen molar-refractivity contribution in [2.45, 2.75) is 20.0 Å². The van der Waals surface area contributed by atoms with E-state index >= 15 is 0 Å². The lowest BCUT2D eigenvalue weighted by Gasteiger charge is -2.18. The van der Waals surface area contributed by atoms with E-state index in [1.807, 2.05) is 0 Å². The number of ether oxygens (including phenoxy) is 1. The highest BCUT2D eigenvalue weighted by atomic mass is 32.2. The average Bonchev–Trinajstić information content (AvgIpc) is 2.40. The quantitative estimate of drug-likeness (QED) is 0.560. The maximum Gasteiger partial charge on any atom is 0.419 e. The summed E-state index contributed by atoms with van der Waals surface area (Å²) in [4.78, 5) is 0.312. The van der Waals surface area contributed by atoms with Gasteiger partial charge in [0.25, 0.3) is 0 Å². The zero-order chi connectivity index (χ0) is 15.8. The first-order valence-corrected chi connectivity index (χ1v) is 7.26. The van der Waals surface area contributed by atoms with Gasteiger partial charge in [-0.3, -0.25) is 0 Å². The van der Waals surface area contributed by atoms with Crippen molar-refractivity contribution >= 4 is 11.8 Å². The Labute approximate surface area is 121 Å². The van der Waals surface area contributed by atoms with Crippen LogP contribution < -0.4 is 11.5 Å². The molecular formula is C13H21F3N2OS. The van der Waals surface area contributed by atoms with Gasteiger partial charge in [0.2, 0.25) is 0 Å². The SMILES string of the molecule is C\C=C(OCC(C)CN)/C(=C\C(=C/N)SC)C(F)(F)F. The molecule has 0 aromatic carbocycles. The molecule has 0 aliphatic carbocycles. The Morgan fingerprint density at radius 1 is 1.40 bits per heavy atom. The Morgan fingerprint density at radius 2 is 2.00 bits per heavy atom. The Morgan fingerprint density at radius 3 is 2.35 bits per heavy atom. The van der Waals surface area contributed by atoms with Crippen LogP contribution in [0.4, 0.5) is 13.2 Å². The molecule has 0 bridgehead atoms. The average molecular weight is 310 g/mol. The van der Waals surface area contributed by atoms with Gasteiger partial charge in [-0.25, -0.2) is 0 Å². The van der Waals surface area contributed by atoms with Gasteiger partial charge < -0.3 is 16.2 Å². The van der Waals surface area contributed by atoms with E-state index < -0.39 is 11.7 Å². The lowest BCUT2D eigenvalue weighted by atomic mass is 10.1. The van der Waals surface area contributed by atoms with Crippen molar-refractivity contribution in [3.63, 3.8) is 0 Å². The summed E-state index contributed by atoms with van der Waals surface area (Å²) in [6.45, 7) is 3.77. The third-order valence-electron chi connectivity index (χ3n) is 2.45. The zero-order valence-electron chi connectivity index (χ0n) is 11.8. The molecule has 0 rings (SSSR count). The highest BCUT2D eigenvalue weighted by molar-refractivity contribution is 8.02. The number of thioether (sulfide) groups is 1. The van der Waals surface area contributed by atoms with Crippen molar-refractivity contribution in [3.05, 3.63) is 34.6 Å². The molecule has 0 aromatic rings. The molecule has 0 aliphatic rings. The Kier molecular flexibility index (Phi) is 8.48. The van der Waals surface area contributed by atoms with Crippen molar-refractivity contribution in [1.82, 2.24) is 0 Å². The fraction of sp³-hybridized carbons (Fsp3) is 0.538. The molecule has 0 spiro atoms. The molecule has 20 heavy (non-hydrogen) atoms. The van der Waals surface area contributed by atoms with Gasteiger partial charge in [-0.05, 0) is 31.9 Å². The van der Waals surface area contributed by atoms with E-state index in [4.69, 9.17) is 16.2 Å². The van der Waals surface area contributed by atoms with Crippen LogP contribution in [0, 0.1) is 5.92 Å². The predicted molar refractivity (Wildman–Crippen MR) is 77.9 cm³/mol. The van der Waals surface area contributed by atoms with Crippen LogP contribution >= 0.6 is 11.8 Å². The molecule has 3 nitrogen and oxygen atoms in total. The first-order valence-electron chi connectivity index (χ1n) is 6.04. The van der Waals surface area contributed by atoms with Crippen LogP contribution in [0.15, 0.2) is 34.6 Å². The normalized spacial score (nSPS) is 16.2. The molecule has 0 amide bonds. The molecule has 1 unspecified atom stereocenters. The van der Waals surface area contributed by atoms with Gasteiger partial charge in [0.15, 0.2) is 0 Å². The monoisotopic (exact) mass is 310 g/mol. The highest BCUT2D eigenvalue weighted by Crippen LogP contribution is 2.34. The summed E-state index contributed by atoms with van der Waals surface area (Å²) in [5, 5.41) is 0. The summed E-state index contributed by atoms with van der Waals surface area (Å²) < 4.78 is 44.6.